The predicted molar refractivity (Wildman–Crippen MR) is 87.2 cm³/mol. The van der Waals surface area contributed by atoms with E-state index in [0.717, 1.165) is 38.4 Å². The number of likely N-dealkylation sites (tertiary alicyclic amines) is 1. The van der Waals surface area contributed by atoms with Crippen molar-refractivity contribution in [3.63, 3.8) is 0 Å². The lowest BCUT2D eigenvalue weighted by molar-refractivity contribution is 0.0963. The Morgan fingerprint density at radius 3 is 2.55 bits per heavy atom. The predicted octanol–water partition coefficient (Wildman–Crippen LogP) is 1.20. The quantitative estimate of drug-likeness (QED) is 0.419. The van der Waals surface area contributed by atoms with Crippen LogP contribution in [-0.2, 0) is 9.47 Å². The summed E-state index contributed by atoms with van der Waals surface area (Å²) in [6.45, 7) is 10.5. The number of carbonyl (C=O) groups is 1. The van der Waals surface area contributed by atoms with E-state index in [2.05, 4.69) is 15.6 Å². The fourth-order valence-electron chi connectivity index (χ4n) is 2.30. The van der Waals surface area contributed by atoms with Crippen molar-refractivity contribution in [2.45, 2.75) is 39.7 Å². The molecule has 128 valence electrons. The largest absolute Gasteiger partial charge is 0.450 e. The van der Waals surface area contributed by atoms with Gasteiger partial charge in [0.1, 0.15) is 0 Å². The monoisotopic (exact) mass is 314 g/mol. The summed E-state index contributed by atoms with van der Waals surface area (Å²) < 4.78 is 10.3. The lowest BCUT2D eigenvalue weighted by Gasteiger charge is -2.32. The van der Waals surface area contributed by atoms with Gasteiger partial charge in [-0.15, -0.1) is 0 Å². The highest BCUT2D eigenvalue weighted by Crippen LogP contribution is 2.11. The smallest absolute Gasteiger partial charge is 0.409 e. The molecule has 0 aromatic rings. The minimum atomic E-state index is -0.210. The van der Waals surface area contributed by atoms with Gasteiger partial charge in [-0.3, -0.25) is 4.99 Å². The van der Waals surface area contributed by atoms with Gasteiger partial charge in [-0.1, -0.05) is 0 Å². The molecule has 0 unspecified atom stereocenters. The van der Waals surface area contributed by atoms with E-state index in [1.54, 1.807) is 4.90 Å². The molecular formula is C15H30N4O3. The van der Waals surface area contributed by atoms with Crippen molar-refractivity contribution >= 4 is 12.1 Å². The number of amides is 1. The lowest BCUT2D eigenvalue weighted by atomic mass is 10.1. The third kappa shape index (κ3) is 6.98. The number of nitrogens with zero attached hydrogens (tertiary/aromatic N) is 2. The average molecular weight is 314 g/mol. The number of guanidine groups is 1. The zero-order valence-electron chi connectivity index (χ0n) is 14.1. The SMILES string of the molecule is CCNC(=NCCOCC)NC1CCN(C(=O)OCC)CC1. The van der Waals surface area contributed by atoms with Crippen LogP contribution in [0.3, 0.4) is 0 Å². The van der Waals surface area contributed by atoms with Gasteiger partial charge in [0.15, 0.2) is 5.96 Å². The van der Waals surface area contributed by atoms with Crippen LogP contribution in [-0.4, -0.2) is 69.0 Å². The van der Waals surface area contributed by atoms with Crippen LogP contribution in [0.1, 0.15) is 33.6 Å². The van der Waals surface area contributed by atoms with Gasteiger partial charge in [0.05, 0.1) is 19.8 Å². The number of ether oxygens (including phenoxy) is 2. The van der Waals surface area contributed by atoms with Crippen molar-refractivity contribution in [3.8, 4) is 0 Å². The van der Waals surface area contributed by atoms with Crippen LogP contribution in [0.25, 0.3) is 0 Å². The molecule has 7 nitrogen and oxygen atoms in total. The molecule has 1 aliphatic rings. The van der Waals surface area contributed by atoms with E-state index in [1.807, 2.05) is 20.8 Å². The maximum absolute atomic E-state index is 11.7. The molecule has 0 spiro atoms. The highest BCUT2D eigenvalue weighted by molar-refractivity contribution is 5.80. The van der Waals surface area contributed by atoms with Gasteiger partial charge in [0, 0.05) is 32.3 Å². The van der Waals surface area contributed by atoms with Crippen LogP contribution >= 0.6 is 0 Å². The van der Waals surface area contributed by atoms with Crippen LogP contribution in [0.15, 0.2) is 4.99 Å². The minimum Gasteiger partial charge on any atom is -0.450 e. The Hall–Kier alpha value is -1.50. The fourth-order valence-corrected chi connectivity index (χ4v) is 2.30. The molecule has 0 atom stereocenters. The number of nitrogens with one attached hydrogen (secondary N) is 2. The summed E-state index contributed by atoms with van der Waals surface area (Å²) >= 11 is 0. The average Bonchev–Trinajstić information content (AvgIpc) is 2.52. The Labute approximate surface area is 133 Å². The molecule has 0 aromatic carbocycles. The van der Waals surface area contributed by atoms with Crippen molar-refractivity contribution in [1.29, 1.82) is 0 Å². The van der Waals surface area contributed by atoms with Gasteiger partial charge in [-0.25, -0.2) is 4.79 Å². The Balaban J connectivity index is 2.36. The van der Waals surface area contributed by atoms with E-state index < -0.39 is 0 Å². The number of aliphatic imine (C=N–C) groups is 1. The first-order chi connectivity index (χ1) is 10.7. The fraction of sp³-hybridized carbons (Fsp3) is 0.867. The van der Waals surface area contributed by atoms with Gasteiger partial charge < -0.3 is 25.0 Å². The molecule has 1 saturated heterocycles. The standard InChI is InChI=1S/C15H30N4O3/c1-4-16-14(17-9-12-21-5-2)18-13-7-10-19(11-8-13)15(20)22-6-3/h13H,4-12H2,1-3H3,(H2,16,17,18). The highest BCUT2D eigenvalue weighted by atomic mass is 16.6. The van der Waals surface area contributed by atoms with E-state index in [4.69, 9.17) is 9.47 Å². The topological polar surface area (TPSA) is 75.2 Å². The van der Waals surface area contributed by atoms with Gasteiger partial charge in [0.25, 0.3) is 0 Å². The zero-order valence-corrected chi connectivity index (χ0v) is 14.1. The molecule has 1 heterocycles. The Morgan fingerprint density at radius 2 is 1.95 bits per heavy atom. The van der Waals surface area contributed by atoms with E-state index in [1.165, 1.54) is 0 Å². The second-order valence-electron chi connectivity index (χ2n) is 5.06. The van der Waals surface area contributed by atoms with E-state index in [-0.39, 0.29) is 6.09 Å². The summed E-state index contributed by atoms with van der Waals surface area (Å²) in [6, 6.07) is 0.329. The number of hydrogen-bond acceptors (Lipinski definition) is 4. The van der Waals surface area contributed by atoms with Gasteiger partial charge in [0.2, 0.25) is 0 Å². The third-order valence-electron chi connectivity index (χ3n) is 3.42. The van der Waals surface area contributed by atoms with Gasteiger partial charge in [-0.05, 0) is 33.6 Å². The van der Waals surface area contributed by atoms with Crippen molar-refractivity contribution in [2.24, 2.45) is 4.99 Å². The first-order valence-corrected chi connectivity index (χ1v) is 8.25. The Kier molecular flexibility index (Phi) is 9.37. The summed E-state index contributed by atoms with van der Waals surface area (Å²) in [7, 11) is 0. The van der Waals surface area contributed by atoms with E-state index >= 15 is 0 Å². The first-order valence-electron chi connectivity index (χ1n) is 8.25. The van der Waals surface area contributed by atoms with Crippen LogP contribution in [0, 0.1) is 0 Å². The normalized spacial score (nSPS) is 16.5. The van der Waals surface area contributed by atoms with Crippen molar-refractivity contribution in [2.75, 3.05) is 46.0 Å². The molecule has 0 aliphatic carbocycles. The Bertz CT molecular complexity index is 342. The molecule has 0 aromatic heterocycles. The van der Waals surface area contributed by atoms with Crippen LogP contribution < -0.4 is 10.6 Å². The van der Waals surface area contributed by atoms with Crippen molar-refractivity contribution in [1.82, 2.24) is 15.5 Å². The van der Waals surface area contributed by atoms with Crippen molar-refractivity contribution in [3.05, 3.63) is 0 Å². The molecule has 0 saturated carbocycles. The van der Waals surface area contributed by atoms with Crippen LogP contribution in [0.2, 0.25) is 0 Å². The zero-order chi connectivity index (χ0) is 16.2. The highest BCUT2D eigenvalue weighted by Gasteiger charge is 2.23. The molecule has 2 N–H and O–H groups in total. The second kappa shape index (κ2) is 11.1. The molecule has 7 heteroatoms. The molecule has 0 radical (unpaired) electrons. The molecule has 1 aliphatic heterocycles. The van der Waals surface area contributed by atoms with Crippen LogP contribution in [0.5, 0.6) is 0 Å². The lowest BCUT2D eigenvalue weighted by Crippen LogP contribution is -2.50. The number of hydrogen-bond donors (Lipinski definition) is 2. The van der Waals surface area contributed by atoms with Gasteiger partial charge >= 0.3 is 6.09 Å². The third-order valence-corrected chi connectivity index (χ3v) is 3.42. The molecule has 22 heavy (non-hydrogen) atoms. The van der Waals surface area contributed by atoms with Crippen molar-refractivity contribution < 1.29 is 14.3 Å². The molecule has 0 bridgehead atoms. The number of rotatable bonds is 7. The summed E-state index contributed by atoms with van der Waals surface area (Å²) in [5.74, 6) is 0.816. The minimum absolute atomic E-state index is 0.210. The second-order valence-corrected chi connectivity index (χ2v) is 5.06. The summed E-state index contributed by atoms with van der Waals surface area (Å²) in [6.07, 6.45) is 1.59. The molecule has 1 amide bonds. The van der Waals surface area contributed by atoms with Gasteiger partial charge in [-0.2, -0.15) is 0 Å². The van der Waals surface area contributed by atoms with E-state index in [0.29, 0.717) is 32.4 Å². The Morgan fingerprint density at radius 1 is 1.23 bits per heavy atom. The number of piperidine rings is 1. The molecular weight excluding hydrogens is 284 g/mol. The van der Waals surface area contributed by atoms with Crippen LogP contribution in [0.4, 0.5) is 4.79 Å². The first kappa shape index (κ1) is 18.5. The number of carbonyl (C=O) groups excluding carboxylic acids is 1. The summed E-state index contributed by atoms with van der Waals surface area (Å²) in [5.41, 5.74) is 0. The maximum atomic E-state index is 11.7. The maximum Gasteiger partial charge on any atom is 0.409 e. The van der Waals surface area contributed by atoms with E-state index in [9.17, 15) is 4.79 Å². The summed E-state index contributed by atoms with van der Waals surface area (Å²) in [5, 5.41) is 6.67. The summed E-state index contributed by atoms with van der Waals surface area (Å²) in [4.78, 5) is 17.9. The molecule has 1 rings (SSSR count). The molecule has 1 fully saturated rings.